The van der Waals surface area contributed by atoms with Gasteiger partial charge in [0.2, 0.25) is 5.91 Å². The summed E-state index contributed by atoms with van der Waals surface area (Å²) in [4.78, 5) is 15.2. The van der Waals surface area contributed by atoms with E-state index < -0.39 is 0 Å². The number of hydrogen-bond donors (Lipinski definition) is 1. The molecule has 1 aromatic carbocycles. The smallest absolute Gasteiger partial charge is 0.244 e. The van der Waals surface area contributed by atoms with Gasteiger partial charge < -0.3 is 4.90 Å². The first-order valence-corrected chi connectivity index (χ1v) is 7.13. The lowest BCUT2D eigenvalue weighted by atomic mass is 10.4. The number of hydrogen-bond acceptors (Lipinski definition) is 4. The van der Waals surface area contributed by atoms with Crippen molar-refractivity contribution >= 4 is 17.7 Å². The van der Waals surface area contributed by atoms with Crippen LogP contribution in [0.3, 0.4) is 0 Å². The van der Waals surface area contributed by atoms with Crippen LogP contribution in [0.4, 0.5) is 0 Å². The van der Waals surface area contributed by atoms with Crippen LogP contribution in [-0.4, -0.2) is 54.8 Å². The van der Waals surface area contributed by atoms with Crippen LogP contribution in [0, 0.1) is 0 Å². The van der Waals surface area contributed by atoms with Crippen LogP contribution in [0.25, 0.3) is 0 Å². The highest BCUT2D eigenvalue weighted by atomic mass is 32.2. The third-order valence-corrected chi connectivity index (χ3v) is 3.91. The van der Waals surface area contributed by atoms with Gasteiger partial charge in [0.05, 0.1) is 5.75 Å². The lowest BCUT2D eigenvalue weighted by Crippen LogP contribution is -2.52. The highest BCUT2D eigenvalue weighted by Crippen LogP contribution is 2.16. The van der Waals surface area contributed by atoms with Crippen molar-refractivity contribution in [2.24, 2.45) is 0 Å². The van der Waals surface area contributed by atoms with E-state index in [4.69, 9.17) is 0 Å². The molecule has 0 atom stereocenters. The molecule has 0 aliphatic carbocycles. The average Bonchev–Trinajstić information content (AvgIpc) is 2.40. The zero-order valence-electron chi connectivity index (χ0n) is 10.6. The second-order valence-corrected chi connectivity index (χ2v) is 5.48. The Hall–Kier alpha value is -1.04. The van der Waals surface area contributed by atoms with E-state index in [2.05, 4.69) is 17.4 Å². The summed E-state index contributed by atoms with van der Waals surface area (Å²) in [5, 5.41) is 2.01. The van der Waals surface area contributed by atoms with E-state index in [0.29, 0.717) is 5.75 Å². The Kier molecular flexibility index (Phi) is 5.04. The van der Waals surface area contributed by atoms with Crippen molar-refractivity contribution in [1.29, 1.82) is 0 Å². The van der Waals surface area contributed by atoms with Gasteiger partial charge in [0.15, 0.2) is 0 Å². The molecule has 0 saturated carbocycles. The number of nitrogens with zero attached hydrogens (tertiary/aromatic N) is 2. The number of rotatable bonds is 4. The highest BCUT2D eigenvalue weighted by Gasteiger charge is 2.15. The molecule has 0 radical (unpaired) electrons. The number of benzene rings is 1. The fourth-order valence-corrected chi connectivity index (χ4v) is 2.50. The highest BCUT2D eigenvalue weighted by molar-refractivity contribution is 8.00. The maximum Gasteiger partial charge on any atom is 0.244 e. The van der Waals surface area contributed by atoms with Crippen LogP contribution in [0.15, 0.2) is 35.2 Å². The molecule has 0 aromatic heterocycles. The van der Waals surface area contributed by atoms with E-state index >= 15 is 0 Å². The molecule has 1 aromatic rings. The molecule has 18 heavy (non-hydrogen) atoms. The number of likely N-dealkylation sites (N-methyl/N-ethyl adjacent to an activating group) is 1. The van der Waals surface area contributed by atoms with Gasteiger partial charge in [-0.1, -0.05) is 18.2 Å². The zero-order valence-corrected chi connectivity index (χ0v) is 11.4. The molecular formula is C13H19N3OS. The molecule has 1 amide bonds. The van der Waals surface area contributed by atoms with E-state index in [9.17, 15) is 4.79 Å². The number of carbonyl (C=O) groups is 1. The Morgan fingerprint density at radius 1 is 1.22 bits per heavy atom. The molecule has 1 heterocycles. The van der Waals surface area contributed by atoms with Gasteiger partial charge in [-0.3, -0.25) is 10.2 Å². The largest absolute Gasteiger partial charge is 0.304 e. The second-order valence-electron chi connectivity index (χ2n) is 4.43. The normalized spacial score (nSPS) is 17.6. The molecule has 0 bridgehead atoms. The fraction of sp³-hybridized carbons (Fsp3) is 0.462. The van der Waals surface area contributed by atoms with Crippen molar-refractivity contribution in [1.82, 2.24) is 15.3 Å². The number of thioether (sulfide) groups is 1. The monoisotopic (exact) mass is 265 g/mol. The van der Waals surface area contributed by atoms with E-state index in [0.717, 1.165) is 31.1 Å². The summed E-state index contributed by atoms with van der Waals surface area (Å²) in [5.74, 6) is 0.546. The summed E-state index contributed by atoms with van der Waals surface area (Å²) in [5.41, 5.74) is 2.96. The lowest BCUT2D eigenvalue weighted by molar-refractivity contribution is -0.124. The second kappa shape index (κ2) is 6.78. The van der Waals surface area contributed by atoms with E-state index in [-0.39, 0.29) is 5.91 Å². The van der Waals surface area contributed by atoms with Crippen molar-refractivity contribution in [3.63, 3.8) is 0 Å². The summed E-state index contributed by atoms with van der Waals surface area (Å²) in [6.07, 6.45) is 0. The van der Waals surface area contributed by atoms with Crippen LogP contribution in [-0.2, 0) is 4.79 Å². The predicted molar refractivity (Wildman–Crippen MR) is 74.4 cm³/mol. The van der Waals surface area contributed by atoms with Gasteiger partial charge >= 0.3 is 0 Å². The maximum atomic E-state index is 11.8. The summed E-state index contributed by atoms with van der Waals surface area (Å²) in [7, 11) is 2.10. The van der Waals surface area contributed by atoms with Gasteiger partial charge in [-0.15, -0.1) is 11.8 Å². The van der Waals surface area contributed by atoms with Gasteiger partial charge in [-0.25, -0.2) is 5.01 Å². The molecular weight excluding hydrogens is 246 g/mol. The first-order chi connectivity index (χ1) is 8.74. The predicted octanol–water partition coefficient (Wildman–Crippen LogP) is 1.06. The third-order valence-electron chi connectivity index (χ3n) is 2.90. The van der Waals surface area contributed by atoms with Crippen molar-refractivity contribution in [2.45, 2.75) is 4.90 Å². The number of amides is 1. The summed E-state index contributed by atoms with van der Waals surface area (Å²) in [6, 6.07) is 10.00. The number of nitrogens with one attached hydrogen (secondary N) is 1. The summed E-state index contributed by atoms with van der Waals surface area (Å²) < 4.78 is 0. The fourth-order valence-electron chi connectivity index (χ4n) is 1.79. The number of piperazine rings is 1. The first kappa shape index (κ1) is 13.4. The Balaban J connectivity index is 1.69. The average molecular weight is 265 g/mol. The molecule has 4 nitrogen and oxygen atoms in total. The maximum absolute atomic E-state index is 11.8. The topological polar surface area (TPSA) is 35.6 Å². The molecule has 98 valence electrons. The van der Waals surface area contributed by atoms with Crippen LogP contribution < -0.4 is 5.43 Å². The van der Waals surface area contributed by atoms with Crippen molar-refractivity contribution in [3.05, 3.63) is 30.3 Å². The Morgan fingerprint density at radius 3 is 2.56 bits per heavy atom. The molecule has 0 spiro atoms. The van der Waals surface area contributed by atoms with Crippen LogP contribution in [0.5, 0.6) is 0 Å². The minimum atomic E-state index is 0.0772. The Labute approximate surface area is 112 Å². The van der Waals surface area contributed by atoms with E-state index in [1.54, 1.807) is 11.8 Å². The van der Waals surface area contributed by atoms with Gasteiger partial charge in [-0.2, -0.15) is 0 Å². The summed E-state index contributed by atoms with van der Waals surface area (Å²) >= 11 is 1.57. The van der Waals surface area contributed by atoms with Crippen LogP contribution in [0.1, 0.15) is 0 Å². The minimum Gasteiger partial charge on any atom is -0.304 e. The Bertz CT molecular complexity index is 377. The van der Waals surface area contributed by atoms with Gasteiger partial charge in [0, 0.05) is 31.1 Å². The molecule has 1 N–H and O–H groups in total. The zero-order chi connectivity index (χ0) is 12.8. The van der Waals surface area contributed by atoms with E-state index in [1.165, 1.54) is 0 Å². The van der Waals surface area contributed by atoms with Crippen LogP contribution in [0.2, 0.25) is 0 Å². The molecule has 1 aliphatic heterocycles. The van der Waals surface area contributed by atoms with Gasteiger partial charge in [-0.05, 0) is 19.2 Å². The number of carbonyl (C=O) groups excluding carboxylic acids is 1. The van der Waals surface area contributed by atoms with Crippen molar-refractivity contribution in [3.8, 4) is 0 Å². The molecule has 5 heteroatoms. The van der Waals surface area contributed by atoms with Gasteiger partial charge in [0.1, 0.15) is 0 Å². The third kappa shape index (κ3) is 4.33. The lowest BCUT2D eigenvalue weighted by Gasteiger charge is -2.32. The van der Waals surface area contributed by atoms with Crippen molar-refractivity contribution < 1.29 is 4.79 Å². The first-order valence-electron chi connectivity index (χ1n) is 6.15. The molecule has 0 unspecified atom stereocenters. The molecule has 1 fully saturated rings. The van der Waals surface area contributed by atoms with Crippen LogP contribution >= 0.6 is 11.8 Å². The summed E-state index contributed by atoms with van der Waals surface area (Å²) in [6.45, 7) is 3.81. The standard InChI is InChI=1S/C13H19N3OS/c1-15-7-9-16(10-8-15)14-13(17)11-18-12-5-3-2-4-6-12/h2-6H,7-11H2,1H3,(H,14,17). The SMILES string of the molecule is CN1CCN(NC(=O)CSc2ccccc2)CC1. The van der Waals surface area contributed by atoms with Crippen molar-refractivity contribution in [2.75, 3.05) is 39.0 Å². The molecule has 1 saturated heterocycles. The molecule has 1 aliphatic rings. The quantitative estimate of drug-likeness (QED) is 0.826. The minimum absolute atomic E-state index is 0.0772. The number of hydrazine groups is 1. The van der Waals surface area contributed by atoms with E-state index in [1.807, 2.05) is 35.3 Å². The van der Waals surface area contributed by atoms with Gasteiger partial charge in [0.25, 0.3) is 0 Å². The Morgan fingerprint density at radius 2 is 1.89 bits per heavy atom. The molecule has 2 rings (SSSR count).